The largest absolute Gasteiger partial charge is 0.497 e. The number of hydrogen-bond donors (Lipinski definition) is 1. The van der Waals surface area contributed by atoms with Gasteiger partial charge in [0.2, 0.25) is 0 Å². The van der Waals surface area contributed by atoms with Crippen LogP contribution in [-0.4, -0.2) is 38.2 Å². The van der Waals surface area contributed by atoms with E-state index >= 15 is 0 Å². The highest BCUT2D eigenvalue weighted by Crippen LogP contribution is 2.48. The Kier molecular flexibility index (Phi) is 3.41. The molecule has 3 rings (SSSR count). The molecule has 1 aromatic rings. The summed E-state index contributed by atoms with van der Waals surface area (Å²) in [5.74, 6) is 1.19. The predicted octanol–water partition coefficient (Wildman–Crippen LogP) is 1.63. The molecule has 21 heavy (non-hydrogen) atoms. The summed E-state index contributed by atoms with van der Waals surface area (Å²) in [4.78, 5) is 0. The molecular formula is C15H20O5S. The molecule has 2 bridgehead atoms. The topological polar surface area (TPSA) is 72.8 Å². The van der Waals surface area contributed by atoms with Gasteiger partial charge in [0.05, 0.1) is 30.3 Å². The summed E-state index contributed by atoms with van der Waals surface area (Å²) in [7, 11) is 0.0444. The number of sulfone groups is 1. The number of rotatable bonds is 3. The number of ether oxygens (including phenoxy) is 2. The minimum absolute atomic E-state index is 0.252. The van der Waals surface area contributed by atoms with Crippen LogP contribution in [0.5, 0.6) is 11.5 Å². The number of methoxy groups -OCH3 is 2. The molecule has 0 aromatic heterocycles. The average molecular weight is 312 g/mol. The number of aliphatic hydroxyl groups is 1. The van der Waals surface area contributed by atoms with Crippen LogP contribution in [0.25, 0.3) is 0 Å². The van der Waals surface area contributed by atoms with Gasteiger partial charge >= 0.3 is 0 Å². The normalized spacial score (nSPS) is 33.7. The van der Waals surface area contributed by atoms with Crippen LogP contribution in [0, 0.1) is 0 Å². The molecule has 0 spiro atoms. The van der Waals surface area contributed by atoms with Gasteiger partial charge in [0.25, 0.3) is 0 Å². The minimum atomic E-state index is -3.06. The first-order chi connectivity index (χ1) is 9.89. The maximum Gasteiger partial charge on any atom is 0.156 e. The summed E-state index contributed by atoms with van der Waals surface area (Å²) >= 11 is 0. The van der Waals surface area contributed by atoms with Crippen molar-refractivity contribution in [3.05, 3.63) is 23.8 Å². The van der Waals surface area contributed by atoms with E-state index < -0.39 is 25.9 Å². The highest BCUT2D eigenvalue weighted by atomic mass is 32.2. The molecule has 0 saturated carbocycles. The third-order valence-electron chi connectivity index (χ3n) is 4.76. The lowest BCUT2D eigenvalue weighted by atomic mass is 9.85. The first-order valence-electron chi connectivity index (χ1n) is 7.08. The summed E-state index contributed by atoms with van der Waals surface area (Å²) in [5.41, 5.74) is -0.454. The van der Waals surface area contributed by atoms with Crippen molar-refractivity contribution in [2.75, 3.05) is 14.2 Å². The van der Waals surface area contributed by atoms with E-state index in [9.17, 15) is 13.5 Å². The van der Waals surface area contributed by atoms with Crippen molar-refractivity contribution in [1.82, 2.24) is 0 Å². The molecule has 2 aliphatic rings. The van der Waals surface area contributed by atoms with Gasteiger partial charge in [0.15, 0.2) is 9.84 Å². The van der Waals surface area contributed by atoms with Gasteiger partial charge in [0, 0.05) is 6.07 Å². The molecule has 0 aliphatic carbocycles. The smallest absolute Gasteiger partial charge is 0.156 e. The molecule has 1 N–H and O–H groups in total. The van der Waals surface area contributed by atoms with Gasteiger partial charge in [-0.2, -0.15) is 0 Å². The number of fused-ring (bicyclic) bond motifs is 2. The third kappa shape index (κ3) is 2.30. The fourth-order valence-corrected chi connectivity index (χ4v) is 6.05. The number of benzene rings is 1. The van der Waals surface area contributed by atoms with Gasteiger partial charge < -0.3 is 14.6 Å². The van der Waals surface area contributed by atoms with Gasteiger partial charge in [-0.15, -0.1) is 0 Å². The Morgan fingerprint density at radius 2 is 1.52 bits per heavy atom. The maximum absolute atomic E-state index is 12.2. The summed E-state index contributed by atoms with van der Waals surface area (Å²) in [6, 6.07) is 5.26. The Balaban J connectivity index is 2.01. The first kappa shape index (κ1) is 14.7. The van der Waals surface area contributed by atoms with Crippen LogP contribution in [0.1, 0.15) is 31.2 Å². The molecule has 116 valence electrons. The summed E-state index contributed by atoms with van der Waals surface area (Å²) in [5, 5.41) is 10.2. The van der Waals surface area contributed by atoms with Crippen LogP contribution in [0.2, 0.25) is 0 Å². The Morgan fingerprint density at radius 1 is 1.05 bits per heavy atom. The molecule has 0 radical (unpaired) electrons. The van der Waals surface area contributed by atoms with E-state index in [1.54, 1.807) is 32.4 Å². The lowest BCUT2D eigenvalue weighted by Gasteiger charge is -2.36. The summed E-state index contributed by atoms with van der Waals surface area (Å²) in [6.45, 7) is 0. The van der Waals surface area contributed by atoms with Crippen molar-refractivity contribution in [2.45, 2.75) is 41.8 Å². The molecule has 2 heterocycles. The average Bonchev–Trinajstić information content (AvgIpc) is 2.66. The van der Waals surface area contributed by atoms with E-state index in [4.69, 9.17) is 9.47 Å². The zero-order chi connectivity index (χ0) is 15.3. The Labute approximate surface area is 124 Å². The van der Waals surface area contributed by atoms with Crippen molar-refractivity contribution in [3.63, 3.8) is 0 Å². The molecule has 1 aromatic carbocycles. The van der Waals surface area contributed by atoms with Crippen LogP contribution in [-0.2, 0) is 15.4 Å². The van der Waals surface area contributed by atoms with Gasteiger partial charge in [0.1, 0.15) is 11.5 Å². The molecule has 6 heteroatoms. The minimum Gasteiger partial charge on any atom is -0.497 e. The van der Waals surface area contributed by atoms with Gasteiger partial charge in [-0.3, -0.25) is 0 Å². The third-order valence-corrected chi connectivity index (χ3v) is 7.42. The molecule has 2 atom stereocenters. The molecule has 2 saturated heterocycles. The molecule has 5 nitrogen and oxygen atoms in total. The molecule has 0 amide bonds. The van der Waals surface area contributed by atoms with Gasteiger partial charge in [-0.25, -0.2) is 8.42 Å². The zero-order valence-corrected chi connectivity index (χ0v) is 13.0. The van der Waals surface area contributed by atoms with Crippen LogP contribution in [0.4, 0.5) is 0 Å². The lowest BCUT2D eigenvalue weighted by molar-refractivity contribution is 0.0169. The Morgan fingerprint density at radius 3 is 1.95 bits per heavy atom. The van der Waals surface area contributed by atoms with Gasteiger partial charge in [-0.05, 0) is 43.4 Å². The second-order valence-electron chi connectivity index (χ2n) is 5.95. The highest BCUT2D eigenvalue weighted by Gasteiger charge is 2.53. The molecule has 2 fully saturated rings. The molecule has 2 aliphatic heterocycles. The van der Waals surface area contributed by atoms with Crippen LogP contribution in [0.3, 0.4) is 0 Å². The highest BCUT2D eigenvalue weighted by molar-refractivity contribution is 7.93. The van der Waals surface area contributed by atoms with Crippen molar-refractivity contribution in [3.8, 4) is 11.5 Å². The van der Waals surface area contributed by atoms with Crippen molar-refractivity contribution < 1.29 is 23.0 Å². The standard InChI is InChI=1S/C15H20O5S/c1-19-11-5-10(6-12(7-11)20-2)15(16)8-13-3-4-14(9-15)21(13,17)18/h5-7,13-14,16H,3-4,8-9H2,1-2H3. The molecule has 2 unspecified atom stereocenters. The van der Waals surface area contributed by atoms with Crippen LogP contribution in [0.15, 0.2) is 18.2 Å². The van der Waals surface area contributed by atoms with E-state index in [-0.39, 0.29) is 12.8 Å². The summed E-state index contributed by atoms with van der Waals surface area (Å²) in [6.07, 6.45) is 1.80. The van der Waals surface area contributed by atoms with E-state index in [1.807, 2.05) is 0 Å². The van der Waals surface area contributed by atoms with E-state index in [0.29, 0.717) is 29.9 Å². The van der Waals surface area contributed by atoms with Crippen LogP contribution >= 0.6 is 0 Å². The quantitative estimate of drug-likeness (QED) is 0.918. The summed E-state index contributed by atoms with van der Waals surface area (Å²) < 4.78 is 34.8. The second-order valence-corrected chi connectivity index (χ2v) is 8.46. The molecular weight excluding hydrogens is 292 g/mol. The fourth-order valence-electron chi connectivity index (χ4n) is 3.56. The van der Waals surface area contributed by atoms with E-state index in [1.165, 1.54) is 0 Å². The Hall–Kier alpha value is -1.27. The van der Waals surface area contributed by atoms with Crippen molar-refractivity contribution in [2.24, 2.45) is 0 Å². The fraction of sp³-hybridized carbons (Fsp3) is 0.600. The van der Waals surface area contributed by atoms with Crippen molar-refractivity contribution >= 4 is 9.84 Å². The monoisotopic (exact) mass is 312 g/mol. The van der Waals surface area contributed by atoms with E-state index in [2.05, 4.69) is 0 Å². The first-order valence-corrected chi connectivity index (χ1v) is 8.68. The maximum atomic E-state index is 12.2. The SMILES string of the molecule is COc1cc(OC)cc(C2(O)CC3CCC(C2)S3(=O)=O)c1. The lowest BCUT2D eigenvalue weighted by Crippen LogP contribution is -2.43. The van der Waals surface area contributed by atoms with Crippen LogP contribution < -0.4 is 9.47 Å². The zero-order valence-electron chi connectivity index (χ0n) is 12.2. The second kappa shape index (κ2) is 4.88. The Bertz CT molecular complexity index is 610. The predicted molar refractivity (Wildman–Crippen MR) is 78.4 cm³/mol. The van der Waals surface area contributed by atoms with Gasteiger partial charge in [-0.1, -0.05) is 0 Å². The number of hydrogen-bond acceptors (Lipinski definition) is 5. The van der Waals surface area contributed by atoms with E-state index in [0.717, 1.165) is 0 Å². The van der Waals surface area contributed by atoms with Crippen molar-refractivity contribution in [1.29, 1.82) is 0 Å².